The highest BCUT2D eigenvalue weighted by Crippen LogP contribution is 2.27. The molecule has 64 valence electrons. The van der Waals surface area contributed by atoms with Crippen molar-refractivity contribution in [2.75, 3.05) is 6.54 Å². The minimum absolute atomic E-state index is 0.256. The smallest absolute Gasteiger partial charge is 0.223 e. The maximum atomic E-state index is 11.2. The number of carbonyl (C=O) groups is 1. The first-order chi connectivity index (χ1) is 5.16. The van der Waals surface area contributed by atoms with Gasteiger partial charge in [0.25, 0.3) is 0 Å². The van der Waals surface area contributed by atoms with Gasteiger partial charge in [0.1, 0.15) is 0 Å². The van der Waals surface area contributed by atoms with Gasteiger partial charge in [0.15, 0.2) is 0 Å². The van der Waals surface area contributed by atoms with E-state index in [1.807, 2.05) is 0 Å². The van der Waals surface area contributed by atoms with Crippen LogP contribution in [0.15, 0.2) is 0 Å². The summed E-state index contributed by atoms with van der Waals surface area (Å²) >= 11 is 0. The average Bonchev–Trinajstić information content (AvgIpc) is 2.30. The zero-order chi connectivity index (χ0) is 8.43. The SMILES string of the molecule is CC[C@H]1C(=O)NC[C@H]1C(C)C. The third-order valence-corrected chi connectivity index (χ3v) is 2.66. The van der Waals surface area contributed by atoms with Gasteiger partial charge in [-0.25, -0.2) is 0 Å². The molecule has 1 N–H and O–H groups in total. The highest BCUT2D eigenvalue weighted by molar-refractivity contribution is 5.81. The second-order valence-electron chi connectivity index (χ2n) is 3.67. The van der Waals surface area contributed by atoms with E-state index in [2.05, 4.69) is 26.1 Å². The Kier molecular flexibility index (Phi) is 2.53. The second-order valence-corrected chi connectivity index (χ2v) is 3.67. The monoisotopic (exact) mass is 155 g/mol. The van der Waals surface area contributed by atoms with Crippen molar-refractivity contribution in [1.29, 1.82) is 0 Å². The van der Waals surface area contributed by atoms with Crippen LogP contribution in [0.1, 0.15) is 27.2 Å². The lowest BCUT2D eigenvalue weighted by molar-refractivity contribution is -0.123. The van der Waals surface area contributed by atoms with Crippen molar-refractivity contribution in [3.8, 4) is 0 Å². The molecule has 1 heterocycles. The summed E-state index contributed by atoms with van der Waals surface area (Å²) in [6.07, 6.45) is 0.981. The van der Waals surface area contributed by atoms with E-state index >= 15 is 0 Å². The van der Waals surface area contributed by atoms with Gasteiger partial charge in [-0.15, -0.1) is 0 Å². The number of carbonyl (C=O) groups excluding carboxylic acids is 1. The zero-order valence-electron chi connectivity index (χ0n) is 7.55. The molecule has 0 aliphatic carbocycles. The van der Waals surface area contributed by atoms with E-state index in [4.69, 9.17) is 0 Å². The average molecular weight is 155 g/mol. The van der Waals surface area contributed by atoms with Crippen molar-refractivity contribution in [2.24, 2.45) is 17.8 Å². The molecule has 1 aliphatic rings. The molecule has 1 fully saturated rings. The summed E-state index contributed by atoms with van der Waals surface area (Å²) in [6.45, 7) is 7.35. The predicted octanol–water partition coefficient (Wildman–Crippen LogP) is 1.41. The molecule has 1 aliphatic heterocycles. The molecule has 2 nitrogen and oxygen atoms in total. The molecule has 0 saturated carbocycles. The van der Waals surface area contributed by atoms with Gasteiger partial charge >= 0.3 is 0 Å². The van der Waals surface area contributed by atoms with E-state index in [0.29, 0.717) is 11.8 Å². The molecule has 0 aromatic heterocycles. The number of hydrogen-bond acceptors (Lipinski definition) is 1. The van der Waals surface area contributed by atoms with Crippen LogP contribution in [-0.4, -0.2) is 12.5 Å². The van der Waals surface area contributed by atoms with Gasteiger partial charge in [0.05, 0.1) is 0 Å². The first kappa shape index (κ1) is 8.57. The van der Waals surface area contributed by atoms with E-state index in [-0.39, 0.29) is 11.8 Å². The maximum absolute atomic E-state index is 11.2. The maximum Gasteiger partial charge on any atom is 0.223 e. The minimum atomic E-state index is 0.256. The van der Waals surface area contributed by atoms with Crippen LogP contribution in [0.4, 0.5) is 0 Å². The quantitative estimate of drug-likeness (QED) is 0.642. The zero-order valence-corrected chi connectivity index (χ0v) is 7.55. The molecular formula is C9H17NO. The summed E-state index contributed by atoms with van der Waals surface area (Å²) in [5.41, 5.74) is 0. The Morgan fingerprint density at radius 1 is 1.64 bits per heavy atom. The van der Waals surface area contributed by atoms with Crippen LogP contribution in [0.5, 0.6) is 0 Å². The van der Waals surface area contributed by atoms with Gasteiger partial charge in [-0.1, -0.05) is 20.8 Å². The summed E-state index contributed by atoms with van der Waals surface area (Å²) in [5.74, 6) is 1.72. The molecule has 1 rings (SSSR count). The number of hydrogen-bond donors (Lipinski definition) is 1. The van der Waals surface area contributed by atoms with Crippen molar-refractivity contribution in [2.45, 2.75) is 27.2 Å². The molecule has 0 aromatic rings. The topological polar surface area (TPSA) is 29.1 Å². The van der Waals surface area contributed by atoms with Crippen LogP contribution in [0.3, 0.4) is 0 Å². The first-order valence-electron chi connectivity index (χ1n) is 4.44. The Balaban J connectivity index is 2.61. The van der Waals surface area contributed by atoms with Gasteiger partial charge < -0.3 is 5.32 Å². The molecule has 0 aromatic carbocycles. The van der Waals surface area contributed by atoms with Crippen molar-refractivity contribution in [1.82, 2.24) is 5.32 Å². The second kappa shape index (κ2) is 3.24. The van der Waals surface area contributed by atoms with E-state index < -0.39 is 0 Å². The lowest BCUT2D eigenvalue weighted by atomic mass is 9.84. The van der Waals surface area contributed by atoms with Gasteiger partial charge in [-0.3, -0.25) is 4.79 Å². The molecule has 2 heteroatoms. The molecule has 2 atom stereocenters. The Morgan fingerprint density at radius 2 is 2.27 bits per heavy atom. The number of rotatable bonds is 2. The van der Waals surface area contributed by atoms with Crippen LogP contribution in [-0.2, 0) is 4.79 Å². The van der Waals surface area contributed by atoms with Crippen molar-refractivity contribution < 1.29 is 4.79 Å². The van der Waals surface area contributed by atoms with Gasteiger partial charge in [-0.2, -0.15) is 0 Å². The van der Waals surface area contributed by atoms with Crippen molar-refractivity contribution in [3.63, 3.8) is 0 Å². The van der Waals surface area contributed by atoms with Gasteiger partial charge in [0, 0.05) is 12.5 Å². The molecule has 0 bridgehead atoms. The fraction of sp³-hybridized carbons (Fsp3) is 0.889. The Labute approximate surface area is 68.4 Å². The largest absolute Gasteiger partial charge is 0.356 e. The van der Waals surface area contributed by atoms with Crippen LogP contribution < -0.4 is 5.32 Å². The minimum Gasteiger partial charge on any atom is -0.356 e. The van der Waals surface area contributed by atoms with Crippen LogP contribution in [0.25, 0.3) is 0 Å². The fourth-order valence-corrected chi connectivity index (χ4v) is 1.87. The standard InChI is InChI=1S/C9H17NO/c1-4-7-8(6(2)3)5-10-9(7)11/h6-8H,4-5H2,1-3H3,(H,10,11)/t7-,8+/m1/s1. The first-order valence-corrected chi connectivity index (χ1v) is 4.44. The molecule has 1 saturated heterocycles. The third-order valence-electron chi connectivity index (χ3n) is 2.66. The molecule has 0 radical (unpaired) electrons. The molecular weight excluding hydrogens is 138 g/mol. The van der Waals surface area contributed by atoms with E-state index in [9.17, 15) is 4.79 Å². The van der Waals surface area contributed by atoms with Crippen molar-refractivity contribution >= 4 is 5.91 Å². The number of nitrogens with one attached hydrogen (secondary N) is 1. The molecule has 0 spiro atoms. The van der Waals surface area contributed by atoms with E-state index in [1.165, 1.54) is 0 Å². The van der Waals surface area contributed by atoms with E-state index in [0.717, 1.165) is 13.0 Å². The molecule has 1 amide bonds. The van der Waals surface area contributed by atoms with Gasteiger partial charge in [-0.05, 0) is 18.3 Å². The van der Waals surface area contributed by atoms with Crippen LogP contribution >= 0.6 is 0 Å². The van der Waals surface area contributed by atoms with Crippen LogP contribution in [0.2, 0.25) is 0 Å². The summed E-state index contributed by atoms with van der Waals surface area (Å²) in [4.78, 5) is 11.2. The summed E-state index contributed by atoms with van der Waals surface area (Å²) < 4.78 is 0. The van der Waals surface area contributed by atoms with Gasteiger partial charge in [0.2, 0.25) is 5.91 Å². The van der Waals surface area contributed by atoms with Crippen LogP contribution in [0, 0.1) is 17.8 Å². The molecule has 11 heavy (non-hydrogen) atoms. The highest BCUT2D eigenvalue weighted by atomic mass is 16.2. The Morgan fingerprint density at radius 3 is 2.64 bits per heavy atom. The fourth-order valence-electron chi connectivity index (χ4n) is 1.87. The summed E-state index contributed by atoms with van der Waals surface area (Å²) in [5, 5.41) is 2.91. The lowest BCUT2D eigenvalue weighted by Gasteiger charge is -2.18. The third kappa shape index (κ3) is 1.55. The molecule has 0 unspecified atom stereocenters. The predicted molar refractivity (Wildman–Crippen MR) is 45.1 cm³/mol. The number of amides is 1. The highest BCUT2D eigenvalue weighted by Gasteiger charge is 2.34. The Bertz CT molecular complexity index is 154. The lowest BCUT2D eigenvalue weighted by Crippen LogP contribution is -2.20. The normalized spacial score (nSPS) is 31.1. The van der Waals surface area contributed by atoms with E-state index in [1.54, 1.807) is 0 Å². The summed E-state index contributed by atoms with van der Waals surface area (Å²) in [7, 11) is 0. The Hall–Kier alpha value is -0.530. The summed E-state index contributed by atoms with van der Waals surface area (Å²) in [6, 6.07) is 0. The van der Waals surface area contributed by atoms with Crippen molar-refractivity contribution in [3.05, 3.63) is 0 Å².